The molecule has 2 aliphatic rings. The lowest BCUT2D eigenvalue weighted by Crippen LogP contribution is -2.63. The Bertz CT molecular complexity index is 353. The van der Waals surface area contributed by atoms with Crippen molar-refractivity contribution in [2.24, 2.45) is 5.92 Å². The molecule has 1 aliphatic heterocycles. The predicted molar refractivity (Wildman–Crippen MR) is 76.2 cm³/mol. The molecular weight excluding hydrogens is 256 g/mol. The molecule has 1 saturated heterocycles. The fourth-order valence-electron chi connectivity index (χ4n) is 3.48. The fraction of sp³-hybridized carbons (Fsp3) is 0.867. The summed E-state index contributed by atoms with van der Waals surface area (Å²) < 4.78 is 5.11. The molecule has 20 heavy (non-hydrogen) atoms. The summed E-state index contributed by atoms with van der Waals surface area (Å²) in [6.07, 6.45) is 6.47. The summed E-state index contributed by atoms with van der Waals surface area (Å²) in [4.78, 5) is 26.4. The maximum atomic E-state index is 12.3. The first kappa shape index (κ1) is 15.3. The van der Waals surface area contributed by atoms with E-state index < -0.39 is 0 Å². The first-order valence-electron chi connectivity index (χ1n) is 7.73. The second-order valence-corrected chi connectivity index (χ2v) is 5.99. The van der Waals surface area contributed by atoms with Crippen molar-refractivity contribution in [3.63, 3.8) is 0 Å². The average molecular weight is 282 g/mol. The van der Waals surface area contributed by atoms with Gasteiger partial charge in [-0.15, -0.1) is 0 Å². The zero-order chi connectivity index (χ0) is 14.5. The van der Waals surface area contributed by atoms with Crippen molar-refractivity contribution < 1.29 is 14.3 Å². The van der Waals surface area contributed by atoms with Gasteiger partial charge in [0.1, 0.15) is 6.04 Å². The molecule has 0 bridgehead atoms. The second-order valence-electron chi connectivity index (χ2n) is 5.99. The molecule has 5 heteroatoms. The lowest BCUT2D eigenvalue weighted by molar-refractivity contribution is -0.151. The van der Waals surface area contributed by atoms with Crippen molar-refractivity contribution in [2.75, 3.05) is 20.3 Å². The van der Waals surface area contributed by atoms with Gasteiger partial charge in [0.25, 0.3) is 0 Å². The van der Waals surface area contributed by atoms with Crippen LogP contribution in [0.25, 0.3) is 0 Å². The Kier molecular flexibility index (Phi) is 5.40. The van der Waals surface area contributed by atoms with Crippen molar-refractivity contribution in [3.8, 4) is 0 Å². The number of nitrogens with one attached hydrogen (secondary N) is 1. The summed E-state index contributed by atoms with van der Waals surface area (Å²) in [6.45, 7) is 2.77. The summed E-state index contributed by atoms with van der Waals surface area (Å²) in [5.74, 6) is 0.391. The smallest absolute Gasteiger partial charge is 0.243 e. The molecule has 114 valence electrons. The van der Waals surface area contributed by atoms with Crippen molar-refractivity contribution in [1.29, 1.82) is 0 Å². The topological polar surface area (TPSA) is 58.6 Å². The summed E-state index contributed by atoms with van der Waals surface area (Å²) in [6, 6.07) is -0.219. The number of methoxy groups -OCH3 is 1. The van der Waals surface area contributed by atoms with Gasteiger partial charge in [-0.2, -0.15) is 0 Å². The minimum Gasteiger partial charge on any atom is -0.385 e. The molecule has 0 aromatic carbocycles. The fourth-order valence-corrected chi connectivity index (χ4v) is 3.48. The summed E-state index contributed by atoms with van der Waals surface area (Å²) in [5, 5.41) is 2.76. The van der Waals surface area contributed by atoms with Crippen LogP contribution in [0.4, 0.5) is 0 Å². The van der Waals surface area contributed by atoms with Crippen molar-refractivity contribution >= 4 is 11.8 Å². The number of piperazine rings is 1. The second kappa shape index (κ2) is 7.07. The van der Waals surface area contributed by atoms with Crippen LogP contribution in [0.1, 0.15) is 45.4 Å². The monoisotopic (exact) mass is 282 g/mol. The number of carbonyl (C=O) groups is 2. The Balaban J connectivity index is 2.12. The van der Waals surface area contributed by atoms with E-state index in [1.807, 2.05) is 11.8 Å². The van der Waals surface area contributed by atoms with E-state index in [0.717, 1.165) is 19.3 Å². The molecular formula is C15H26N2O3. The Hall–Kier alpha value is -1.10. The highest BCUT2D eigenvalue weighted by molar-refractivity contribution is 5.95. The third-order valence-corrected chi connectivity index (χ3v) is 4.58. The zero-order valence-electron chi connectivity index (χ0n) is 12.6. The molecule has 0 spiro atoms. The minimum atomic E-state index is -0.275. The van der Waals surface area contributed by atoms with E-state index in [0.29, 0.717) is 12.5 Å². The van der Waals surface area contributed by atoms with Crippen LogP contribution in [-0.4, -0.2) is 49.1 Å². The first-order chi connectivity index (χ1) is 9.65. The van der Waals surface area contributed by atoms with Crippen molar-refractivity contribution in [2.45, 2.75) is 57.5 Å². The molecule has 2 amide bonds. The van der Waals surface area contributed by atoms with Crippen LogP contribution in [0.3, 0.4) is 0 Å². The van der Waals surface area contributed by atoms with Crippen molar-refractivity contribution in [1.82, 2.24) is 10.2 Å². The molecule has 1 heterocycles. The number of ether oxygens (including phenoxy) is 1. The van der Waals surface area contributed by atoms with Gasteiger partial charge in [0, 0.05) is 19.8 Å². The largest absolute Gasteiger partial charge is 0.385 e. The van der Waals surface area contributed by atoms with Gasteiger partial charge in [-0.3, -0.25) is 9.59 Å². The van der Waals surface area contributed by atoms with E-state index in [1.165, 1.54) is 19.3 Å². The molecule has 1 aliphatic carbocycles. The van der Waals surface area contributed by atoms with Gasteiger partial charge in [0.2, 0.25) is 11.8 Å². The summed E-state index contributed by atoms with van der Waals surface area (Å²) in [5.41, 5.74) is 0. The van der Waals surface area contributed by atoms with E-state index in [9.17, 15) is 9.59 Å². The molecule has 2 unspecified atom stereocenters. The van der Waals surface area contributed by atoms with Crippen LogP contribution in [-0.2, 0) is 14.3 Å². The molecule has 1 saturated carbocycles. The van der Waals surface area contributed by atoms with E-state index in [2.05, 4.69) is 5.32 Å². The van der Waals surface area contributed by atoms with E-state index in [4.69, 9.17) is 4.74 Å². The highest BCUT2D eigenvalue weighted by Gasteiger charge is 2.41. The summed E-state index contributed by atoms with van der Waals surface area (Å²) >= 11 is 0. The van der Waals surface area contributed by atoms with Crippen molar-refractivity contribution in [3.05, 3.63) is 0 Å². The molecule has 0 aromatic heterocycles. The molecule has 1 N–H and O–H groups in total. The van der Waals surface area contributed by atoms with Crippen LogP contribution < -0.4 is 5.32 Å². The maximum absolute atomic E-state index is 12.3. The van der Waals surface area contributed by atoms with Gasteiger partial charge in [0.15, 0.2) is 0 Å². The molecule has 2 rings (SSSR count). The molecule has 0 radical (unpaired) electrons. The third-order valence-electron chi connectivity index (χ3n) is 4.58. The quantitative estimate of drug-likeness (QED) is 0.827. The number of hydrogen-bond acceptors (Lipinski definition) is 3. The minimum absolute atomic E-state index is 0.0285. The Labute approximate surface area is 121 Å². The third kappa shape index (κ3) is 3.32. The number of rotatable bonds is 5. The molecule has 2 fully saturated rings. The van der Waals surface area contributed by atoms with Crippen LogP contribution in [0, 0.1) is 5.92 Å². The van der Waals surface area contributed by atoms with Crippen LogP contribution in [0.5, 0.6) is 0 Å². The molecule has 2 atom stereocenters. The number of carbonyl (C=O) groups excluding carboxylic acids is 2. The van der Waals surface area contributed by atoms with Gasteiger partial charge in [-0.05, 0) is 32.1 Å². The van der Waals surface area contributed by atoms with E-state index >= 15 is 0 Å². The SMILES string of the molecule is COCCC(C)N1C(=O)CNC(=O)C1C1CCCCC1. The van der Waals surface area contributed by atoms with Gasteiger partial charge >= 0.3 is 0 Å². The number of nitrogens with zero attached hydrogens (tertiary/aromatic N) is 1. The van der Waals surface area contributed by atoms with E-state index in [-0.39, 0.29) is 30.4 Å². The lowest BCUT2D eigenvalue weighted by atomic mass is 9.81. The predicted octanol–water partition coefficient (Wildman–Crippen LogP) is 1.32. The molecule has 5 nitrogen and oxygen atoms in total. The summed E-state index contributed by atoms with van der Waals surface area (Å²) in [7, 11) is 1.66. The normalized spacial score (nSPS) is 26.5. The van der Waals surface area contributed by atoms with Gasteiger partial charge in [-0.1, -0.05) is 19.3 Å². The van der Waals surface area contributed by atoms with Gasteiger partial charge < -0.3 is 15.0 Å². The Morgan fingerprint density at radius 3 is 2.65 bits per heavy atom. The molecule has 0 aromatic rings. The maximum Gasteiger partial charge on any atom is 0.243 e. The van der Waals surface area contributed by atoms with Gasteiger partial charge in [-0.25, -0.2) is 0 Å². The zero-order valence-corrected chi connectivity index (χ0v) is 12.6. The van der Waals surface area contributed by atoms with Crippen LogP contribution in [0.2, 0.25) is 0 Å². The highest BCUT2D eigenvalue weighted by Crippen LogP contribution is 2.31. The Morgan fingerprint density at radius 2 is 2.00 bits per heavy atom. The number of amides is 2. The van der Waals surface area contributed by atoms with Crippen LogP contribution in [0.15, 0.2) is 0 Å². The first-order valence-corrected chi connectivity index (χ1v) is 7.73. The lowest BCUT2D eigenvalue weighted by Gasteiger charge is -2.43. The van der Waals surface area contributed by atoms with Gasteiger partial charge in [0.05, 0.1) is 6.54 Å². The Morgan fingerprint density at radius 1 is 1.30 bits per heavy atom. The standard InChI is InChI=1S/C15H26N2O3/c1-11(8-9-20-2)17-13(18)10-16-15(19)14(17)12-6-4-3-5-7-12/h11-12,14H,3-10H2,1-2H3,(H,16,19). The van der Waals surface area contributed by atoms with Crippen LogP contribution >= 0.6 is 0 Å². The van der Waals surface area contributed by atoms with E-state index in [1.54, 1.807) is 7.11 Å². The number of hydrogen-bond donors (Lipinski definition) is 1. The average Bonchev–Trinajstić information content (AvgIpc) is 2.47. The highest BCUT2D eigenvalue weighted by atomic mass is 16.5.